The number of rotatable bonds is 4. The first-order valence-electron chi connectivity index (χ1n) is 6.04. The fourth-order valence-corrected chi connectivity index (χ4v) is 2.01. The lowest BCUT2D eigenvalue weighted by atomic mass is 9.97. The summed E-state index contributed by atoms with van der Waals surface area (Å²) < 4.78 is 4.70. The van der Waals surface area contributed by atoms with Gasteiger partial charge in [-0.1, -0.05) is 13.8 Å². The molecule has 5 heteroatoms. The third-order valence-electron chi connectivity index (χ3n) is 3.28. The van der Waals surface area contributed by atoms with Crippen LogP contribution in [0.3, 0.4) is 0 Å². The number of hydrogen-bond acceptors (Lipinski definition) is 4. The Balaban J connectivity index is 2.67. The molecule has 17 heavy (non-hydrogen) atoms. The Hall–Kier alpha value is -1.10. The molecule has 1 fully saturated rings. The Labute approximate surface area is 102 Å². The van der Waals surface area contributed by atoms with E-state index < -0.39 is 17.6 Å². The second-order valence-electron chi connectivity index (χ2n) is 5.08. The highest BCUT2D eigenvalue weighted by Gasteiger charge is 2.38. The first-order chi connectivity index (χ1) is 7.90. The number of nitrogens with one attached hydrogen (secondary N) is 2. The van der Waals surface area contributed by atoms with E-state index >= 15 is 0 Å². The molecular formula is C12H22N2O3. The van der Waals surface area contributed by atoms with Crippen LogP contribution in [0.25, 0.3) is 0 Å². The van der Waals surface area contributed by atoms with Gasteiger partial charge >= 0.3 is 5.97 Å². The largest absolute Gasteiger partial charge is 0.467 e. The molecule has 0 aromatic rings. The standard InChI is InChI=1S/C12H22N2O3/c1-8(2)9(10(15)17-4)14-11(16)12(3)6-5-7-13-12/h8-9,13H,5-7H2,1-4H3,(H,14,16). The first kappa shape index (κ1) is 14.0. The third-order valence-corrected chi connectivity index (χ3v) is 3.28. The van der Waals surface area contributed by atoms with Crippen LogP contribution in [0.1, 0.15) is 33.6 Å². The molecule has 2 N–H and O–H groups in total. The summed E-state index contributed by atoms with van der Waals surface area (Å²) in [5.74, 6) is -0.509. The molecule has 1 amide bonds. The quantitative estimate of drug-likeness (QED) is 0.702. The number of amides is 1. The van der Waals surface area contributed by atoms with Gasteiger partial charge in [-0.3, -0.25) is 4.79 Å². The van der Waals surface area contributed by atoms with Gasteiger partial charge in [0.1, 0.15) is 6.04 Å². The van der Waals surface area contributed by atoms with E-state index in [0.717, 1.165) is 19.4 Å². The molecule has 98 valence electrons. The molecule has 0 spiro atoms. The van der Waals surface area contributed by atoms with E-state index in [1.54, 1.807) is 0 Å². The molecule has 1 aliphatic rings. The number of ether oxygens (including phenoxy) is 1. The number of carbonyl (C=O) groups excluding carboxylic acids is 2. The zero-order chi connectivity index (χ0) is 13.1. The van der Waals surface area contributed by atoms with Crippen molar-refractivity contribution < 1.29 is 14.3 Å². The van der Waals surface area contributed by atoms with Crippen molar-refractivity contribution in [1.82, 2.24) is 10.6 Å². The number of hydrogen-bond donors (Lipinski definition) is 2. The number of methoxy groups -OCH3 is 1. The fraction of sp³-hybridized carbons (Fsp3) is 0.833. The minimum absolute atomic E-state index is 0.0106. The highest BCUT2D eigenvalue weighted by molar-refractivity contribution is 5.90. The molecule has 0 radical (unpaired) electrons. The van der Waals surface area contributed by atoms with Crippen molar-refractivity contribution in [3.8, 4) is 0 Å². The van der Waals surface area contributed by atoms with Gasteiger partial charge in [-0.25, -0.2) is 4.79 Å². The molecule has 0 aliphatic carbocycles. The van der Waals surface area contributed by atoms with Gasteiger partial charge in [-0.15, -0.1) is 0 Å². The molecule has 0 aromatic carbocycles. The second kappa shape index (κ2) is 5.49. The van der Waals surface area contributed by atoms with E-state index in [2.05, 4.69) is 10.6 Å². The lowest BCUT2D eigenvalue weighted by Gasteiger charge is -2.27. The third kappa shape index (κ3) is 3.19. The van der Waals surface area contributed by atoms with Crippen LogP contribution in [0.15, 0.2) is 0 Å². The normalized spacial score (nSPS) is 25.7. The smallest absolute Gasteiger partial charge is 0.328 e. The minimum atomic E-state index is -0.577. The average molecular weight is 242 g/mol. The maximum atomic E-state index is 12.1. The summed E-state index contributed by atoms with van der Waals surface area (Å²) in [5.41, 5.74) is -0.554. The fourth-order valence-electron chi connectivity index (χ4n) is 2.01. The van der Waals surface area contributed by atoms with Gasteiger partial charge in [0.05, 0.1) is 12.6 Å². The maximum absolute atomic E-state index is 12.1. The van der Waals surface area contributed by atoms with E-state index in [0.29, 0.717) is 0 Å². The summed E-state index contributed by atoms with van der Waals surface area (Å²) in [7, 11) is 1.33. The van der Waals surface area contributed by atoms with Crippen LogP contribution >= 0.6 is 0 Å². The molecule has 0 bridgehead atoms. The van der Waals surface area contributed by atoms with Crippen LogP contribution in [0.5, 0.6) is 0 Å². The summed E-state index contributed by atoms with van der Waals surface area (Å²) in [6.07, 6.45) is 1.78. The van der Waals surface area contributed by atoms with Crippen LogP contribution < -0.4 is 10.6 Å². The Kier molecular flexibility index (Phi) is 4.51. The average Bonchev–Trinajstić information content (AvgIpc) is 2.72. The van der Waals surface area contributed by atoms with E-state index in [1.807, 2.05) is 20.8 Å². The van der Waals surface area contributed by atoms with Crippen molar-refractivity contribution in [2.45, 2.75) is 45.2 Å². The van der Waals surface area contributed by atoms with E-state index in [1.165, 1.54) is 7.11 Å². The van der Waals surface area contributed by atoms with Crippen LogP contribution in [-0.4, -0.2) is 37.1 Å². The first-order valence-corrected chi connectivity index (χ1v) is 6.04. The van der Waals surface area contributed by atoms with Crippen LogP contribution in [-0.2, 0) is 14.3 Å². The van der Waals surface area contributed by atoms with Gasteiger partial charge in [0.2, 0.25) is 5.91 Å². The van der Waals surface area contributed by atoms with Crippen LogP contribution in [0, 0.1) is 5.92 Å². The van der Waals surface area contributed by atoms with Crippen molar-refractivity contribution >= 4 is 11.9 Å². The van der Waals surface area contributed by atoms with Gasteiger partial charge < -0.3 is 15.4 Å². The van der Waals surface area contributed by atoms with Crippen molar-refractivity contribution in [3.63, 3.8) is 0 Å². The van der Waals surface area contributed by atoms with Crippen LogP contribution in [0.4, 0.5) is 0 Å². The Morgan fingerprint density at radius 3 is 2.47 bits per heavy atom. The van der Waals surface area contributed by atoms with Gasteiger partial charge in [0.15, 0.2) is 0 Å². The molecular weight excluding hydrogens is 220 g/mol. The molecule has 1 aliphatic heterocycles. The Morgan fingerprint density at radius 1 is 1.41 bits per heavy atom. The molecule has 1 heterocycles. The predicted octanol–water partition coefficient (Wildman–Crippen LogP) is 0.442. The topological polar surface area (TPSA) is 67.4 Å². The molecule has 5 nitrogen and oxygen atoms in total. The number of carbonyl (C=O) groups is 2. The van der Waals surface area contributed by atoms with E-state index in [-0.39, 0.29) is 11.8 Å². The molecule has 2 unspecified atom stereocenters. The molecule has 1 rings (SSSR count). The van der Waals surface area contributed by atoms with E-state index in [4.69, 9.17) is 4.74 Å². The van der Waals surface area contributed by atoms with Crippen LogP contribution in [0.2, 0.25) is 0 Å². The second-order valence-corrected chi connectivity index (χ2v) is 5.08. The molecule has 1 saturated heterocycles. The van der Waals surface area contributed by atoms with Gasteiger partial charge in [-0.2, -0.15) is 0 Å². The van der Waals surface area contributed by atoms with Gasteiger partial charge in [0.25, 0.3) is 0 Å². The zero-order valence-corrected chi connectivity index (χ0v) is 11.0. The summed E-state index contributed by atoms with van der Waals surface area (Å²) in [5, 5.41) is 5.94. The monoisotopic (exact) mass is 242 g/mol. The summed E-state index contributed by atoms with van der Waals surface area (Å²) in [4.78, 5) is 23.7. The Morgan fingerprint density at radius 2 is 2.06 bits per heavy atom. The maximum Gasteiger partial charge on any atom is 0.328 e. The van der Waals surface area contributed by atoms with Crippen molar-refractivity contribution in [3.05, 3.63) is 0 Å². The lowest BCUT2D eigenvalue weighted by molar-refractivity contribution is -0.147. The van der Waals surface area contributed by atoms with Crippen molar-refractivity contribution in [1.29, 1.82) is 0 Å². The summed E-state index contributed by atoms with van der Waals surface area (Å²) >= 11 is 0. The summed E-state index contributed by atoms with van der Waals surface area (Å²) in [6.45, 7) is 6.47. The SMILES string of the molecule is COC(=O)C(NC(=O)C1(C)CCCN1)C(C)C. The molecule has 0 saturated carbocycles. The van der Waals surface area contributed by atoms with E-state index in [9.17, 15) is 9.59 Å². The zero-order valence-electron chi connectivity index (χ0n) is 11.0. The number of esters is 1. The lowest BCUT2D eigenvalue weighted by Crippen LogP contribution is -2.56. The highest BCUT2D eigenvalue weighted by atomic mass is 16.5. The highest BCUT2D eigenvalue weighted by Crippen LogP contribution is 2.19. The molecule has 0 aromatic heterocycles. The summed E-state index contributed by atoms with van der Waals surface area (Å²) in [6, 6.07) is -0.577. The van der Waals surface area contributed by atoms with Gasteiger partial charge in [0, 0.05) is 0 Å². The molecule has 2 atom stereocenters. The van der Waals surface area contributed by atoms with Crippen molar-refractivity contribution in [2.24, 2.45) is 5.92 Å². The Bertz CT molecular complexity index is 296. The van der Waals surface area contributed by atoms with Gasteiger partial charge in [-0.05, 0) is 32.2 Å². The minimum Gasteiger partial charge on any atom is -0.467 e. The predicted molar refractivity (Wildman–Crippen MR) is 64.4 cm³/mol. The van der Waals surface area contributed by atoms with Crippen molar-refractivity contribution in [2.75, 3.05) is 13.7 Å².